The molecule has 0 saturated heterocycles. The molecule has 0 radical (unpaired) electrons. The number of allylic oxidation sites excluding steroid dienone is 20. The third-order valence-corrected chi connectivity index (χ3v) is 10.5. The Morgan fingerprint density at radius 2 is 0.719 bits per heavy atom. The molecule has 0 N–H and O–H groups in total. The van der Waals surface area contributed by atoms with Crippen molar-refractivity contribution < 1.29 is 23.8 Å². The lowest BCUT2D eigenvalue weighted by Gasteiger charge is -2.18. The largest absolute Gasteiger partial charge is 0.462 e. The van der Waals surface area contributed by atoms with Gasteiger partial charge in [-0.05, 0) is 122 Å². The number of hydrogen-bond donors (Lipinski definition) is 0. The van der Waals surface area contributed by atoms with E-state index in [1.807, 2.05) is 0 Å². The molecule has 0 bridgehead atoms. The Labute approximate surface area is 395 Å². The number of unbranched alkanes of at least 4 members (excludes halogenated alkanes) is 15. The van der Waals surface area contributed by atoms with Gasteiger partial charge in [-0.3, -0.25) is 9.59 Å². The molecule has 0 aromatic carbocycles. The zero-order valence-corrected chi connectivity index (χ0v) is 41.5. The molecular weight excluding hydrogens is 789 g/mol. The maximum Gasteiger partial charge on any atom is 0.306 e. The van der Waals surface area contributed by atoms with Crippen LogP contribution >= 0.6 is 0 Å². The molecule has 362 valence electrons. The first-order chi connectivity index (χ1) is 31.6. The number of hydrogen-bond acceptors (Lipinski definition) is 5. The van der Waals surface area contributed by atoms with E-state index in [2.05, 4.69) is 142 Å². The summed E-state index contributed by atoms with van der Waals surface area (Å²) in [5.74, 6) is -0.496. The number of carbonyl (C=O) groups is 2. The first kappa shape index (κ1) is 60.3. The van der Waals surface area contributed by atoms with Crippen molar-refractivity contribution in [1.82, 2.24) is 0 Å². The van der Waals surface area contributed by atoms with Crippen molar-refractivity contribution in [3.05, 3.63) is 122 Å². The van der Waals surface area contributed by atoms with E-state index in [1.54, 1.807) is 0 Å². The highest BCUT2D eigenvalue weighted by Crippen LogP contribution is 2.12. The molecule has 1 unspecified atom stereocenters. The Morgan fingerprint density at radius 1 is 0.359 bits per heavy atom. The predicted molar refractivity (Wildman–Crippen MR) is 279 cm³/mol. The van der Waals surface area contributed by atoms with Crippen molar-refractivity contribution >= 4 is 11.9 Å². The fourth-order valence-electron chi connectivity index (χ4n) is 6.65. The smallest absolute Gasteiger partial charge is 0.306 e. The Kier molecular flexibility index (Phi) is 50.5. The monoisotopic (exact) mass is 885 g/mol. The molecule has 0 aromatic rings. The summed E-state index contributed by atoms with van der Waals surface area (Å²) in [7, 11) is 0. The molecule has 0 heterocycles. The number of ether oxygens (including phenoxy) is 3. The van der Waals surface area contributed by atoms with Crippen LogP contribution in [0.5, 0.6) is 0 Å². The zero-order chi connectivity index (χ0) is 46.3. The molecule has 0 aromatic heterocycles. The minimum absolute atomic E-state index is 0.0371. The molecule has 0 amide bonds. The van der Waals surface area contributed by atoms with Crippen LogP contribution in [0.2, 0.25) is 0 Å². The molecule has 0 spiro atoms. The summed E-state index contributed by atoms with van der Waals surface area (Å²) in [6, 6.07) is 0. The topological polar surface area (TPSA) is 61.8 Å². The van der Waals surface area contributed by atoms with Crippen molar-refractivity contribution in [2.24, 2.45) is 0 Å². The van der Waals surface area contributed by atoms with Gasteiger partial charge in [0.05, 0.1) is 6.61 Å². The first-order valence-corrected chi connectivity index (χ1v) is 26.1. The Bertz CT molecular complexity index is 1320. The maximum atomic E-state index is 12.8. The molecule has 0 fully saturated rings. The van der Waals surface area contributed by atoms with Gasteiger partial charge in [0, 0.05) is 19.4 Å². The molecule has 0 aliphatic heterocycles. The van der Waals surface area contributed by atoms with Gasteiger partial charge < -0.3 is 14.2 Å². The average Bonchev–Trinajstić information content (AvgIpc) is 3.30. The SMILES string of the molecule is CC/C=C\C/C=C\C/C=C\C/C=C\C/C=C\CCCC(=O)OCC(COCCCCCCCC/C=C\C/C=C\C/C=C\CC)OC(=O)CCCCCCC/C=C\C/C=C\CCCCC. The fraction of sp³-hybridized carbons (Fsp3) is 0.627. The summed E-state index contributed by atoms with van der Waals surface area (Å²) in [6.07, 6.45) is 75.0. The van der Waals surface area contributed by atoms with Crippen molar-refractivity contribution in [3.63, 3.8) is 0 Å². The highest BCUT2D eigenvalue weighted by Gasteiger charge is 2.17. The molecule has 5 nitrogen and oxygen atoms in total. The van der Waals surface area contributed by atoms with E-state index in [4.69, 9.17) is 14.2 Å². The second kappa shape index (κ2) is 53.6. The molecule has 0 rings (SSSR count). The second-order valence-electron chi connectivity index (χ2n) is 16.7. The minimum Gasteiger partial charge on any atom is -0.462 e. The number of esters is 2. The van der Waals surface area contributed by atoms with E-state index < -0.39 is 6.10 Å². The Morgan fingerprint density at radius 3 is 1.17 bits per heavy atom. The lowest BCUT2D eigenvalue weighted by Crippen LogP contribution is -2.30. The van der Waals surface area contributed by atoms with Gasteiger partial charge in [0.15, 0.2) is 6.10 Å². The van der Waals surface area contributed by atoms with Crippen LogP contribution in [0.3, 0.4) is 0 Å². The van der Waals surface area contributed by atoms with Gasteiger partial charge in [0.25, 0.3) is 0 Å². The summed E-state index contributed by atoms with van der Waals surface area (Å²) in [5.41, 5.74) is 0. The van der Waals surface area contributed by atoms with Gasteiger partial charge in [-0.2, -0.15) is 0 Å². The summed E-state index contributed by atoms with van der Waals surface area (Å²) in [4.78, 5) is 25.4. The van der Waals surface area contributed by atoms with E-state index in [0.29, 0.717) is 19.4 Å². The minimum atomic E-state index is -0.582. The van der Waals surface area contributed by atoms with E-state index in [-0.39, 0.29) is 25.2 Å². The lowest BCUT2D eigenvalue weighted by atomic mass is 10.1. The van der Waals surface area contributed by atoms with Crippen LogP contribution in [-0.2, 0) is 23.8 Å². The first-order valence-electron chi connectivity index (χ1n) is 26.1. The van der Waals surface area contributed by atoms with Gasteiger partial charge >= 0.3 is 11.9 Å². The van der Waals surface area contributed by atoms with E-state index >= 15 is 0 Å². The Balaban J connectivity index is 4.44. The van der Waals surface area contributed by atoms with Gasteiger partial charge in [-0.25, -0.2) is 0 Å². The number of rotatable bonds is 46. The van der Waals surface area contributed by atoms with E-state index in [1.165, 1.54) is 64.2 Å². The molecule has 1 atom stereocenters. The quantitative estimate of drug-likeness (QED) is 0.0346. The van der Waals surface area contributed by atoms with Crippen LogP contribution in [0.4, 0.5) is 0 Å². The molecule has 0 aliphatic rings. The van der Waals surface area contributed by atoms with Crippen LogP contribution in [0.1, 0.15) is 213 Å². The Hall–Kier alpha value is -3.70. The molecule has 5 heteroatoms. The van der Waals surface area contributed by atoms with Crippen molar-refractivity contribution in [2.75, 3.05) is 19.8 Å². The molecule has 0 aliphatic carbocycles. The molecular formula is C59H96O5. The summed E-state index contributed by atoms with van der Waals surface area (Å²) >= 11 is 0. The number of carbonyl (C=O) groups excluding carboxylic acids is 2. The molecule has 0 saturated carbocycles. The van der Waals surface area contributed by atoms with Crippen molar-refractivity contribution in [1.29, 1.82) is 0 Å². The normalized spacial score (nSPS) is 13.2. The van der Waals surface area contributed by atoms with Crippen molar-refractivity contribution in [2.45, 2.75) is 219 Å². The highest BCUT2D eigenvalue weighted by molar-refractivity contribution is 5.70. The van der Waals surface area contributed by atoms with Gasteiger partial charge in [0.2, 0.25) is 0 Å². The van der Waals surface area contributed by atoms with E-state index in [9.17, 15) is 9.59 Å². The van der Waals surface area contributed by atoms with Crippen LogP contribution in [0, 0.1) is 0 Å². The summed E-state index contributed by atoms with van der Waals surface area (Å²) in [5, 5.41) is 0. The molecule has 64 heavy (non-hydrogen) atoms. The summed E-state index contributed by atoms with van der Waals surface area (Å²) in [6.45, 7) is 7.46. The predicted octanol–water partition coefficient (Wildman–Crippen LogP) is 17.8. The van der Waals surface area contributed by atoms with Gasteiger partial charge in [0.1, 0.15) is 6.61 Å². The fourth-order valence-corrected chi connectivity index (χ4v) is 6.65. The summed E-state index contributed by atoms with van der Waals surface area (Å²) < 4.78 is 17.3. The maximum absolute atomic E-state index is 12.8. The zero-order valence-electron chi connectivity index (χ0n) is 41.5. The average molecular weight is 885 g/mol. The van der Waals surface area contributed by atoms with E-state index in [0.717, 1.165) is 116 Å². The van der Waals surface area contributed by atoms with Gasteiger partial charge in [-0.1, -0.05) is 200 Å². The lowest BCUT2D eigenvalue weighted by molar-refractivity contribution is -0.163. The highest BCUT2D eigenvalue weighted by atomic mass is 16.6. The second-order valence-corrected chi connectivity index (χ2v) is 16.7. The van der Waals surface area contributed by atoms with Crippen LogP contribution < -0.4 is 0 Å². The third-order valence-electron chi connectivity index (χ3n) is 10.5. The van der Waals surface area contributed by atoms with Crippen LogP contribution in [-0.4, -0.2) is 37.9 Å². The van der Waals surface area contributed by atoms with Gasteiger partial charge in [-0.15, -0.1) is 0 Å². The standard InChI is InChI=1S/C59H96O5/c1-4-7-10-13-16-19-22-25-28-30-32-34-37-40-43-46-49-52-58(60)63-56-57(55-62-54-51-48-45-42-39-36-33-29-26-23-20-17-14-11-8-5-2)64-59(61)53-50-47-44-41-38-35-31-27-24-21-18-15-12-9-6-3/h7-8,10-11,16-21,25-29,31-32,34,40,43,57H,4-6,9,12-15,22-24,30,33,35-39,41-42,44-56H2,1-3H3/b10-7-,11-8-,19-16-,20-17-,21-18-,28-25-,29-26-,31-27-,34-32-,43-40-. The van der Waals surface area contributed by atoms with Crippen LogP contribution in [0.25, 0.3) is 0 Å². The van der Waals surface area contributed by atoms with Crippen molar-refractivity contribution in [3.8, 4) is 0 Å². The third kappa shape index (κ3) is 50.9. The van der Waals surface area contributed by atoms with Crippen LogP contribution in [0.15, 0.2) is 122 Å².